The first-order chi connectivity index (χ1) is 7.41. The van der Waals surface area contributed by atoms with Crippen LogP contribution in [0, 0.1) is 0 Å². The molecule has 0 aliphatic rings. The van der Waals surface area contributed by atoms with Gasteiger partial charge in [-0.05, 0) is 12.2 Å². The second-order valence-electron chi connectivity index (χ2n) is 2.47. The Morgan fingerprint density at radius 2 is 1.27 bits per heavy atom. The molecule has 0 fully saturated rings. The molecule has 2 N–H and O–H groups in total. The molecule has 15 heavy (non-hydrogen) atoms. The van der Waals surface area contributed by atoms with Gasteiger partial charge in [-0.3, -0.25) is 0 Å². The van der Waals surface area contributed by atoms with Gasteiger partial charge in [-0.15, -0.1) is 0 Å². The van der Waals surface area contributed by atoms with Gasteiger partial charge < -0.3 is 24.4 Å². The Kier molecular flexibility index (Phi) is 12.1. The number of rotatable bonds is 10. The summed E-state index contributed by atoms with van der Waals surface area (Å²) in [6.45, 7) is 1.49. The zero-order valence-electron chi connectivity index (χ0n) is 8.67. The van der Waals surface area contributed by atoms with Crippen LogP contribution in [0.4, 0.5) is 0 Å². The van der Waals surface area contributed by atoms with Crippen molar-refractivity contribution >= 4 is 0 Å². The van der Waals surface area contributed by atoms with Crippen molar-refractivity contribution < 1.29 is 24.4 Å². The molecule has 0 amide bonds. The van der Waals surface area contributed by atoms with Crippen molar-refractivity contribution in [3.63, 3.8) is 0 Å². The van der Waals surface area contributed by atoms with E-state index in [0.717, 1.165) is 0 Å². The minimum Gasteiger partial charge on any atom is -0.499 e. The molecule has 0 radical (unpaired) electrons. The summed E-state index contributed by atoms with van der Waals surface area (Å²) in [7, 11) is 0. The standard InChI is InChI=1S/C10H18O5/c11-3-9-14-7-1-5-13-6-2-8-15-10-4-12/h1-2,7-8,11-12H,3-6,9-10H2. The SMILES string of the molecule is OCCOC=CCOCC=COCCO. The summed E-state index contributed by atoms with van der Waals surface area (Å²) in [5, 5.41) is 16.8. The molecule has 0 aromatic rings. The summed E-state index contributed by atoms with van der Waals surface area (Å²) >= 11 is 0. The average molecular weight is 218 g/mol. The van der Waals surface area contributed by atoms with Crippen LogP contribution in [-0.4, -0.2) is 49.9 Å². The van der Waals surface area contributed by atoms with E-state index >= 15 is 0 Å². The molecule has 0 aliphatic carbocycles. The van der Waals surface area contributed by atoms with E-state index in [-0.39, 0.29) is 13.2 Å². The molecule has 0 atom stereocenters. The highest BCUT2D eigenvalue weighted by Crippen LogP contribution is 1.83. The molecule has 5 nitrogen and oxygen atoms in total. The topological polar surface area (TPSA) is 68.2 Å². The minimum atomic E-state index is 0.0101. The summed E-state index contributed by atoms with van der Waals surface area (Å²) in [6.07, 6.45) is 6.39. The van der Waals surface area contributed by atoms with E-state index in [1.54, 1.807) is 12.2 Å². The molecule has 0 rings (SSSR count). The Morgan fingerprint density at radius 1 is 0.800 bits per heavy atom. The van der Waals surface area contributed by atoms with Gasteiger partial charge in [0, 0.05) is 0 Å². The second kappa shape index (κ2) is 13.0. The number of aliphatic hydroxyl groups excluding tert-OH is 2. The van der Waals surface area contributed by atoms with E-state index in [0.29, 0.717) is 26.4 Å². The number of aliphatic hydroxyl groups is 2. The van der Waals surface area contributed by atoms with E-state index in [1.165, 1.54) is 12.5 Å². The van der Waals surface area contributed by atoms with Crippen molar-refractivity contribution in [3.05, 3.63) is 24.7 Å². The van der Waals surface area contributed by atoms with Gasteiger partial charge in [0.05, 0.1) is 39.0 Å². The smallest absolute Gasteiger partial charge is 0.110 e. The van der Waals surface area contributed by atoms with Crippen LogP contribution >= 0.6 is 0 Å². The van der Waals surface area contributed by atoms with Crippen LogP contribution in [0.15, 0.2) is 24.7 Å². The van der Waals surface area contributed by atoms with Gasteiger partial charge in [-0.2, -0.15) is 0 Å². The molecule has 0 unspecified atom stereocenters. The van der Waals surface area contributed by atoms with Crippen LogP contribution in [0.5, 0.6) is 0 Å². The lowest BCUT2D eigenvalue weighted by Gasteiger charge is -1.97. The molecular weight excluding hydrogens is 200 g/mol. The van der Waals surface area contributed by atoms with Crippen LogP contribution in [0.1, 0.15) is 0 Å². The van der Waals surface area contributed by atoms with Gasteiger partial charge in [0.15, 0.2) is 0 Å². The maximum Gasteiger partial charge on any atom is 0.110 e. The lowest BCUT2D eigenvalue weighted by atomic mass is 10.6. The highest BCUT2D eigenvalue weighted by molar-refractivity contribution is 4.76. The van der Waals surface area contributed by atoms with Crippen molar-refractivity contribution in [2.24, 2.45) is 0 Å². The fraction of sp³-hybridized carbons (Fsp3) is 0.600. The quantitative estimate of drug-likeness (QED) is 0.400. The van der Waals surface area contributed by atoms with Gasteiger partial charge >= 0.3 is 0 Å². The molecule has 0 aromatic heterocycles. The third kappa shape index (κ3) is 13.0. The van der Waals surface area contributed by atoms with Crippen LogP contribution in [0.2, 0.25) is 0 Å². The first kappa shape index (κ1) is 14.0. The van der Waals surface area contributed by atoms with E-state index in [2.05, 4.69) is 0 Å². The monoisotopic (exact) mass is 218 g/mol. The Bertz CT molecular complexity index is 149. The normalized spacial score (nSPS) is 11.3. The maximum absolute atomic E-state index is 8.38. The number of ether oxygens (including phenoxy) is 3. The van der Waals surface area contributed by atoms with Crippen molar-refractivity contribution in [3.8, 4) is 0 Å². The van der Waals surface area contributed by atoms with Gasteiger partial charge in [0.1, 0.15) is 13.2 Å². The molecular formula is C10H18O5. The molecule has 0 heterocycles. The van der Waals surface area contributed by atoms with Crippen molar-refractivity contribution in [2.45, 2.75) is 0 Å². The van der Waals surface area contributed by atoms with E-state index < -0.39 is 0 Å². The Balaban J connectivity index is 3.10. The molecule has 0 aliphatic heterocycles. The summed E-state index contributed by atoms with van der Waals surface area (Å²) in [4.78, 5) is 0. The summed E-state index contributed by atoms with van der Waals surface area (Å²) in [5.41, 5.74) is 0. The molecule has 0 saturated carbocycles. The first-order valence-corrected chi connectivity index (χ1v) is 4.74. The van der Waals surface area contributed by atoms with E-state index in [9.17, 15) is 0 Å². The Morgan fingerprint density at radius 3 is 1.67 bits per heavy atom. The van der Waals surface area contributed by atoms with Crippen LogP contribution < -0.4 is 0 Å². The van der Waals surface area contributed by atoms with Crippen LogP contribution in [0.25, 0.3) is 0 Å². The van der Waals surface area contributed by atoms with Crippen LogP contribution in [-0.2, 0) is 14.2 Å². The summed E-state index contributed by atoms with van der Waals surface area (Å²) in [5.74, 6) is 0. The lowest BCUT2D eigenvalue weighted by molar-refractivity contribution is 0.154. The van der Waals surface area contributed by atoms with Crippen molar-refractivity contribution in [1.29, 1.82) is 0 Å². The zero-order valence-corrected chi connectivity index (χ0v) is 8.67. The van der Waals surface area contributed by atoms with Crippen molar-refractivity contribution in [2.75, 3.05) is 39.6 Å². The van der Waals surface area contributed by atoms with E-state index in [1.807, 2.05) is 0 Å². The predicted octanol–water partition coefficient (Wildman–Crippen LogP) is 0.0482. The molecule has 0 bridgehead atoms. The summed E-state index contributed by atoms with van der Waals surface area (Å²) < 4.78 is 14.9. The van der Waals surface area contributed by atoms with Gasteiger partial charge in [0.25, 0.3) is 0 Å². The fourth-order valence-electron chi connectivity index (χ4n) is 0.660. The largest absolute Gasteiger partial charge is 0.499 e. The highest BCUT2D eigenvalue weighted by atomic mass is 16.5. The van der Waals surface area contributed by atoms with Crippen molar-refractivity contribution in [1.82, 2.24) is 0 Å². The van der Waals surface area contributed by atoms with Gasteiger partial charge in [0.2, 0.25) is 0 Å². The molecule has 0 saturated heterocycles. The maximum atomic E-state index is 8.38. The Hall–Kier alpha value is -1.04. The third-order valence-corrected chi connectivity index (χ3v) is 1.23. The van der Waals surface area contributed by atoms with Crippen LogP contribution in [0.3, 0.4) is 0 Å². The fourth-order valence-corrected chi connectivity index (χ4v) is 0.660. The zero-order chi connectivity index (χ0) is 11.2. The minimum absolute atomic E-state index is 0.0101. The molecule has 5 heteroatoms. The third-order valence-electron chi connectivity index (χ3n) is 1.23. The predicted molar refractivity (Wildman–Crippen MR) is 55.2 cm³/mol. The summed E-state index contributed by atoms with van der Waals surface area (Å²) in [6, 6.07) is 0. The van der Waals surface area contributed by atoms with E-state index in [4.69, 9.17) is 24.4 Å². The molecule has 0 spiro atoms. The Labute approximate surface area is 89.6 Å². The second-order valence-corrected chi connectivity index (χ2v) is 2.47. The molecule has 0 aromatic carbocycles. The number of hydrogen-bond donors (Lipinski definition) is 2. The van der Waals surface area contributed by atoms with Gasteiger partial charge in [-0.1, -0.05) is 0 Å². The molecule has 88 valence electrons. The van der Waals surface area contributed by atoms with Gasteiger partial charge in [-0.25, -0.2) is 0 Å². The lowest BCUT2D eigenvalue weighted by Crippen LogP contribution is -1.95. The number of hydrogen-bond acceptors (Lipinski definition) is 5. The first-order valence-electron chi connectivity index (χ1n) is 4.74. The average Bonchev–Trinajstić information content (AvgIpc) is 2.26. The highest BCUT2D eigenvalue weighted by Gasteiger charge is 1.81.